The highest BCUT2D eigenvalue weighted by atomic mass is 35.5. The van der Waals surface area contributed by atoms with Gasteiger partial charge in [-0.15, -0.1) is 11.6 Å². The van der Waals surface area contributed by atoms with Crippen LogP contribution in [0.2, 0.25) is 0 Å². The number of halogens is 1. The minimum Gasteiger partial charge on any atom is -0.127 e. The molecule has 0 amide bonds. The Kier molecular flexibility index (Phi) is 20.9. The van der Waals surface area contributed by atoms with Crippen molar-refractivity contribution in [3.8, 4) is 0 Å². The van der Waals surface area contributed by atoms with Crippen LogP contribution in [0.3, 0.4) is 0 Å². The second-order valence-corrected chi connectivity index (χ2v) is 2.48. The molecule has 0 aliphatic heterocycles. The normalized spacial score (nSPS) is 8.40. The van der Waals surface area contributed by atoms with Crippen LogP contribution in [0.4, 0.5) is 0 Å². The molecule has 0 heterocycles. The van der Waals surface area contributed by atoms with Crippen molar-refractivity contribution in [2.45, 2.75) is 52.9 Å². The maximum atomic E-state index is 5.48. The Morgan fingerprint density at radius 1 is 0.900 bits per heavy atom. The van der Waals surface area contributed by atoms with Crippen molar-refractivity contribution < 1.29 is 0 Å². The molecule has 0 saturated carbocycles. The molecule has 0 saturated heterocycles. The van der Waals surface area contributed by atoms with Crippen molar-refractivity contribution in [3.05, 3.63) is 0 Å². The summed E-state index contributed by atoms with van der Waals surface area (Å²) < 4.78 is 0. The van der Waals surface area contributed by atoms with Gasteiger partial charge in [0.1, 0.15) is 0 Å². The van der Waals surface area contributed by atoms with Gasteiger partial charge in [0.05, 0.1) is 0 Å². The van der Waals surface area contributed by atoms with E-state index >= 15 is 0 Å². The fourth-order valence-electron chi connectivity index (χ4n) is 0.698. The largest absolute Gasteiger partial charge is 0.127 e. The molecule has 0 nitrogen and oxygen atoms in total. The molecule has 0 bridgehead atoms. The summed E-state index contributed by atoms with van der Waals surface area (Å²) in [5.74, 6) is 0.837. The van der Waals surface area contributed by atoms with Gasteiger partial charge in [-0.1, -0.05) is 46.5 Å². The van der Waals surface area contributed by atoms with E-state index in [-0.39, 0.29) is 0 Å². The third-order valence-corrected chi connectivity index (χ3v) is 1.50. The zero-order valence-electron chi connectivity index (χ0n) is 7.62. The van der Waals surface area contributed by atoms with Gasteiger partial charge in [-0.25, -0.2) is 0 Å². The molecule has 0 aliphatic carbocycles. The monoisotopic (exact) mass is 164 g/mol. The lowest BCUT2D eigenvalue weighted by molar-refractivity contribution is 0.658. The van der Waals surface area contributed by atoms with Crippen LogP contribution in [0.15, 0.2) is 0 Å². The van der Waals surface area contributed by atoms with Gasteiger partial charge in [0.2, 0.25) is 0 Å². The molecule has 1 heteroatoms. The lowest BCUT2D eigenvalue weighted by Gasteiger charge is -1.93. The van der Waals surface area contributed by atoms with Crippen molar-refractivity contribution >= 4 is 11.6 Å². The number of hydrogen-bond donors (Lipinski definition) is 0. The summed E-state index contributed by atoms with van der Waals surface area (Å²) in [6.45, 7) is 6.22. The first-order valence-electron chi connectivity index (χ1n) is 4.47. The van der Waals surface area contributed by atoms with E-state index in [2.05, 4.69) is 6.92 Å². The van der Waals surface area contributed by atoms with Crippen LogP contribution >= 0.6 is 11.6 Å². The highest BCUT2D eigenvalue weighted by Gasteiger charge is 1.84. The Morgan fingerprint density at radius 3 is 1.80 bits per heavy atom. The molecule has 0 rings (SSSR count). The quantitative estimate of drug-likeness (QED) is 0.422. The van der Waals surface area contributed by atoms with Gasteiger partial charge in [0.15, 0.2) is 0 Å². The van der Waals surface area contributed by atoms with Gasteiger partial charge in [0, 0.05) is 5.88 Å². The summed E-state index contributed by atoms with van der Waals surface area (Å²) in [7, 11) is 0. The summed E-state index contributed by atoms with van der Waals surface area (Å²) >= 11 is 5.48. The molecule has 0 aromatic rings. The lowest BCUT2D eigenvalue weighted by atomic mass is 10.2. The van der Waals surface area contributed by atoms with E-state index in [9.17, 15) is 0 Å². The van der Waals surface area contributed by atoms with E-state index in [4.69, 9.17) is 11.6 Å². The molecule has 0 aromatic heterocycles. The molecule has 0 aromatic carbocycles. The summed E-state index contributed by atoms with van der Waals surface area (Å²) in [6.07, 6.45) is 6.57. The Bertz CT molecular complexity index is 29.7. The maximum Gasteiger partial charge on any atom is 0.0223 e. The number of rotatable bonds is 5. The third-order valence-electron chi connectivity index (χ3n) is 1.24. The minimum absolute atomic E-state index is 0.837. The predicted molar refractivity (Wildman–Crippen MR) is 50.8 cm³/mol. The van der Waals surface area contributed by atoms with Crippen molar-refractivity contribution in [2.24, 2.45) is 0 Å². The summed E-state index contributed by atoms with van der Waals surface area (Å²) in [5.41, 5.74) is 0. The van der Waals surface area contributed by atoms with Crippen LogP contribution in [0.1, 0.15) is 52.9 Å². The first kappa shape index (κ1) is 12.9. The summed E-state index contributed by atoms with van der Waals surface area (Å²) in [6, 6.07) is 0. The summed E-state index contributed by atoms with van der Waals surface area (Å²) in [5, 5.41) is 0. The summed E-state index contributed by atoms with van der Waals surface area (Å²) in [4.78, 5) is 0. The van der Waals surface area contributed by atoms with Crippen molar-refractivity contribution in [1.29, 1.82) is 0 Å². The number of unbranched alkanes of at least 4 members (excludes halogenated alkanes) is 4. The number of alkyl halides is 1. The average molecular weight is 165 g/mol. The van der Waals surface area contributed by atoms with E-state index in [1.165, 1.54) is 32.1 Å². The fourth-order valence-corrected chi connectivity index (χ4v) is 0.887. The van der Waals surface area contributed by atoms with E-state index in [1.807, 2.05) is 13.8 Å². The highest BCUT2D eigenvalue weighted by Crippen LogP contribution is 2.02. The van der Waals surface area contributed by atoms with Crippen LogP contribution in [-0.2, 0) is 0 Å². The van der Waals surface area contributed by atoms with Crippen molar-refractivity contribution in [3.63, 3.8) is 0 Å². The Hall–Kier alpha value is 0.290. The fraction of sp³-hybridized carbons (Fsp3) is 1.00. The maximum absolute atomic E-state index is 5.48. The molecular formula is C9H21Cl. The number of hydrogen-bond acceptors (Lipinski definition) is 0. The topological polar surface area (TPSA) is 0 Å². The minimum atomic E-state index is 0.837. The molecule has 0 atom stereocenters. The predicted octanol–water partition coefficient (Wildman–Crippen LogP) is 4.22. The SMILES string of the molecule is CC.CCCCCCCCl. The van der Waals surface area contributed by atoms with E-state index in [0.717, 1.165) is 5.88 Å². The highest BCUT2D eigenvalue weighted by molar-refractivity contribution is 6.17. The van der Waals surface area contributed by atoms with Gasteiger partial charge in [0.25, 0.3) is 0 Å². The van der Waals surface area contributed by atoms with E-state index < -0.39 is 0 Å². The standard InChI is InChI=1S/C7H15Cl.C2H6/c1-2-3-4-5-6-7-8;1-2/h2-7H2,1H3;1-2H3. The lowest BCUT2D eigenvalue weighted by Crippen LogP contribution is -1.76. The molecule has 64 valence electrons. The second-order valence-electron chi connectivity index (χ2n) is 2.10. The van der Waals surface area contributed by atoms with E-state index in [1.54, 1.807) is 0 Å². The van der Waals surface area contributed by atoms with Crippen molar-refractivity contribution in [1.82, 2.24) is 0 Å². The molecule has 0 spiro atoms. The second kappa shape index (κ2) is 16.1. The van der Waals surface area contributed by atoms with Crippen molar-refractivity contribution in [2.75, 3.05) is 5.88 Å². The third kappa shape index (κ3) is 15.7. The zero-order valence-corrected chi connectivity index (χ0v) is 8.38. The van der Waals surface area contributed by atoms with Gasteiger partial charge < -0.3 is 0 Å². The molecule has 0 radical (unpaired) electrons. The zero-order chi connectivity index (χ0) is 8.24. The van der Waals surface area contributed by atoms with Crippen LogP contribution < -0.4 is 0 Å². The first-order valence-corrected chi connectivity index (χ1v) is 5.01. The molecule has 0 N–H and O–H groups in total. The molecular weight excluding hydrogens is 144 g/mol. The molecule has 0 aliphatic rings. The van der Waals surface area contributed by atoms with Gasteiger partial charge in [-0.2, -0.15) is 0 Å². The Morgan fingerprint density at radius 2 is 1.40 bits per heavy atom. The van der Waals surface area contributed by atoms with E-state index in [0.29, 0.717) is 0 Å². The van der Waals surface area contributed by atoms with Gasteiger partial charge in [-0.3, -0.25) is 0 Å². The van der Waals surface area contributed by atoms with Crippen LogP contribution in [-0.4, -0.2) is 5.88 Å². The molecule has 0 fully saturated rings. The molecule has 10 heavy (non-hydrogen) atoms. The van der Waals surface area contributed by atoms with Crippen LogP contribution in [0.25, 0.3) is 0 Å². The van der Waals surface area contributed by atoms with Gasteiger partial charge in [-0.05, 0) is 6.42 Å². The Balaban J connectivity index is 0. The Labute approximate surface area is 71.0 Å². The van der Waals surface area contributed by atoms with Gasteiger partial charge >= 0.3 is 0 Å². The molecule has 0 unspecified atom stereocenters. The van der Waals surface area contributed by atoms with Crippen LogP contribution in [0, 0.1) is 0 Å². The van der Waals surface area contributed by atoms with Crippen LogP contribution in [0.5, 0.6) is 0 Å². The average Bonchev–Trinajstić information content (AvgIpc) is 2.02. The smallest absolute Gasteiger partial charge is 0.0223 e. The first-order chi connectivity index (χ1) is 4.91.